The zero-order valence-corrected chi connectivity index (χ0v) is 13.4. The first kappa shape index (κ1) is 18.8. The van der Waals surface area contributed by atoms with Gasteiger partial charge in [0.1, 0.15) is 0 Å². The first-order valence-corrected chi connectivity index (χ1v) is 8.04. The van der Waals surface area contributed by atoms with Gasteiger partial charge in [0.2, 0.25) is 0 Å². The zero-order chi connectivity index (χ0) is 14.7. The fourth-order valence-electron chi connectivity index (χ4n) is 1.87. The van der Waals surface area contributed by atoms with Gasteiger partial charge in [0.25, 0.3) is 0 Å². The smallest absolute Gasteiger partial charge is 0.0784 e. The first-order valence-electron chi connectivity index (χ1n) is 8.04. The highest BCUT2D eigenvalue weighted by molar-refractivity contribution is 4.96. The van der Waals surface area contributed by atoms with Gasteiger partial charge in [-0.3, -0.25) is 0 Å². The Kier molecular flexibility index (Phi) is 16.7. The van der Waals surface area contributed by atoms with Gasteiger partial charge in [-0.15, -0.1) is 0 Å². The molecule has 1 nitrogen and oxygen atoms in total. The Bertz CT molecular complexity index is 284. The lowest BCUT2D eigenvalue weighted by Crippen LogP contribution is -1.77. The maximum absolute atomic E-state index is 4.86. The van der Waals surface area contributed by atoms with E-state index in [9.17, 15) is 0 Å². The van der Waals surface area contributed by atoms with E-state index in [-0.39, 0.29) is 0 Å². The van der Waals surface area contributed by atoms with Crippen LogP contribution in [0.25, 0.3) is 0 Å². The molecule has 20 heavy (non-hydrogen) atoms. The van der Waals surface area contributed by atoms with Gasteiger partial charge >= 0.3 is 0 Å². The normalized spacial score (nSPS) is 12.5. The minimum Gasteiger partial charge on any atom is -0.505 e. The molecule has 0 aromatic heterocycles. The van der Waals surface area contributed by atoms with Crippen LogP contribution in [0.4, 0.5) is 0 Å². The highest BCUT2D eigenvalue weighted by atomic mass is 16.5. The predicted molar refractivity (Wildman–Crippen MR) is 90.8 cm³/mol. The van der Waals surface area contributed by atoms with Crippen molar-refractivity contribution in [3.05, 3.63) is 48.8 Å². The van der Waals surface area contributed by atoms with Crippen LogP contribution >= 0.6 is 0 Å². The molecule has 0 aromatic rings. The van der Waals surface area contributed by atoms with Crippen LogP contribution in [0, 0.1) is 0 Å². The van der Waals surface area contributed by atoms with Crippen LogP contribution < -0.4 is 0 Å². The number of hydrogen-bond acceptors (Lipinski definition) is 1. The van der Waals surface area contributed by atoms with Crippen LogP contribution in [0.2, 0.25) is 0 Å². The summed E-state index contributed by atoms with van der Waals surface area (Å²) < 4.78 is 4.86. The van der Waals surface area contributed by atoms with Gasteiger partial charge in [-0.05, 0) is 51.0 Å². The fraction of sp³-hybridized carbons (Fsp3) is 0.579. The molecule has 0 spiro atoms. The highest BCUT2D eigenvalue weighted by Crippen LogP contribution is 2.06. The van der Waals surface area contributed by atoms with E-state index in [1.54, 1.807) is 13.4 Å². The summed E-state index contributed by atoms with van der Waals surface area (Å²) in [4.78, 5) is 0. The number of ether oxygens (including phenoxy) is 1. The Morgan fingerprint density at radius 3 is 1.80 bits per heavy atom. The van der Waals surface area contributed by atoms with E-state index in [0.29, 0.717) is 0 Å². The van der Waals surface area contributed by atoms with Gasteiger partial charge in [-0.1, -0.05) is 56.2 Å². The lowest BCUT2D eigenvalue weighted by atomic mass is 10.1. The third-order valence-electron chi connectivity index (χ3n) is 3.00. The summed E-state index contributed by atoms with van der Waals surface area (Å²) in [6, 6.07) is 0. The standard InChI is InChI=1S/C19H32O/c1-3-4-5-6-7-8-9-10-11-12-13-14-15-16-17-18-19-20-2/h4-5,7-8,10-11,18-19H,3,6,9,12-17H2,1-2H3/b5-4+,8-7+,11-10+,19-18+. The Labute approximate surface area is 126 Å². The van der Waals surface area contributed by atoms with Crippen LogP contribution in [-0.2, 0) is 4.74 Å². The summed E-state index contributed by atoms with van der Waals surface area (Å²) in [6.07, 6.45) is 28.3. The first-order chi connectivity index (χ1) is 9.91. The highest BCUT2D eigenvalue weighted by Gasteiger charge is 1.87. The number of hydrogen-bond donors (Lipinski definition) is 0. The van der Waals surface area contributed by atoms with Crippen molar-refractivity contribution in [3.63, 3.8) is 0 Å². The van der Waals surface area contributed by atoms with Crippen LogP contribution in [-0.4, -0.2) is 7.11 Å². The second kappa shape index (κ2) is 17.8. The van der Waals surface area contributed by atoms with Crippen LogP contribution in [0.15, 0.2) is 48.8 Å². The van der Waals surface area contributed by atoms with Crippen molar-refractivity contribution < 1.29 is 4.74 Å². The van der Waals surface area contributed by atoms with Gasteiger partial charge in [-0.2, -0.15) is 0 Å². The summed E-state index contributed by atoms with van der Waals surface area (Å²) in [5.74, 6) is 0. The molecule has 0 aliphatic carbocycles. The SMILES string of the molecule is CC/C=C/C/C=C/C/C=C/CCCCCC/C=C/OC. The quantitative estimate of drug-likeness (QED) is 0.216. The van der Waals surface area contributed by atoms with E-state index in [1.807, 2.05) is 0 Å². The molecule has 0 unspecified atom stereocenters. The molecule has 0 aromatic carbocycles. The molecule has 0 heterocycles. The van der Waals surface area contributed by atoms with Crippen molar-refractivity contribution in [2.75, 3.05) is 7.11 Å². The molecule has 0 saturated heterocycles. The van der Waals surface area contributed by atoms with Gasteiger partial charge < -0.3 is 4.74 Å². The van der Waals surface area contributed by atoms with Crippen molar-refractivity contribution in [2.45, 2.75) is 64.7 Å². The van der Waals surface area contributed by atoms with Gasteiger partial charge in [0.15, 0.2) is 0 Å². The monoisotopic (exact) mass is 276 g/mol. The molecule has 0 aliphatic heterocycles. The van der Waals surface area contributed by atoms with E-state index in [0.717, 1.165) is 25.7 Å². The number of allylic oxidation sites excluding steroid dienone is 7. The van der Waals surface area contributed by atoms with Crippen LogP contribution in [0.1, 0.15) is 64.7 Å². The molecule has 0 fully saturated rings. The summed E-state index contributed by atoms with van der Waals surface area (Å²) >= 11 is 0. The number of rotatable bonds is 13. The molecular weight excluding hydrogens is 244 g/mol. The summed E-state index contributed by atoms with van der Waals surface area (Å²) in [6.45, 7) is 2.17. The minimum absolute atomic E-state index is 1.07. The Morgan fingerprint density at radius 1 is 0.650 bits per heavy atom. The molecular formula is C19H32O. The van der Waals surface area contributed by atoms with Crippen LogP contribution in [0.5, 0.6) is 0 Å². The third-order valence-corrected chi connectivity index (χ3v) is 3.00. The van der Waals surface area contributed by atoms with Crippen molar-refractivity contribution >= 4 is 0 Å². The minimum atomic E-state index is 1.07. The molecule has 0 radical (unpaired) electrons. The largest absolute Gasteiger partial charge is 0.505 e. The maximum Gasteiger partial charge on any atom is 0.0784 e. The Balaban J connectivity index is 3.23. The third kappa shape index (κ3) is 16.8. The molecule has 1 heteroatoms. The van der Waals surface area contributed by atoms with Crippen molar-refractivity contribution in [1.82, 2.24) is 0 Å². The second-order valence-corrected chi connectivity index (χ2v) is 4.89. The van der Waals surface area contributed by atoms with Crippen molar-refractivity contribution in [1.29, 1.82) is 0 Å². The van der Waals surface area contributed by atoms with Crippen molar-refractivity contribution in [3.8, 4) is 0 Å². The average molecular weight is 276 g/mol. The lowest BCUT2D eigenvalue weighted by Gasteiger charge is -1.96. The van der Waals surface area contributed by atoms with Gasteiger partial charge in [0.05, 0.1) is 13.4 Å². The number of methoxy groups -OCH3 is 1. The number of unbranched alkanes of at least 4 members (excludes halogenated alkanes) is 5. The van der Waals surface area contributed by atoms with E-state index in [4.69, 9.17) is 4.74 Å². The molecule has 0 saturated carbocycles. The lowest BCUT2D eigenvalue weighted by molar-refractivity contribution is 0.336. The van der Waals surface area contributed by atoms with E-state index in [1.165, 1.54) is 32.1 Å². The molecule has 0 rings (SSSR count). The average Bonchev–Trinajstić information content (AvgIpc) is 2.47. The van der Waals surface area contributed by atoms with E-state index < -0.39 is 0 Å². The molecule has 0 amide bonds. The Morgan fingerprint density at radius 2 is 1.20 bits per heavy atom. The molecule has 0 bridgehead atoms. The summed E-state index contributed by atoms with van der Waals surface area (Å²) in [5.41, 5.74) is 0. The fourth-order valence-corrected chi connectivity index (χ4v) is 1.87. The van der Waals surface area contributed by atoms with Crippen molar-refractivity contribution in [2.24, 2.45) is 0 Å². The van der Waals surface area contributed by atoms with E-state index in [2.05, 4.69) is 49.5 Å². The topological polar surface area (TPSA) is 9.23 Å². The molecule has 0 aliphatic rings. The van der Waals surface area contributed by atoms with E-state index >= 15 is 0 Å². The maximum atomic E-state index is 4.86. The summed E-state index contributed by atoms with van der Waals surface area (Å²) in [7, 11) is 1.69. The van der Waals surface area contributed by atoms with Gasteiger partial charge in [0, 0.05) is 0 Å². The second-order valence-electron chi connectivity index (χ2n) is 4.89. The zero-order valence-electron chi connectivity index (χ0n) is 13.4. The molecule has 0 atom stereocenters. The molecule has 114 valence electrons. The predicted octanol–water partition coefficient (Wildman–Crippen LogP) is 6.35. The summed E-state index contributed by atoms with van der Waals surface area (Å²) in [5, 5.41) is 0. The molecule has 0 N–H and O–H groups in total. The van der Waals surface area contributed by atoms with Crippen LogP contribution in [0.3, 0.4) is 0 Å². The Hall–Kier alpha value is -1.24. The van der Waals surface area contributed by atoms with Gasteiger partial charge in [-0.25, -0.2) is 0 Å².